The molecule has 5 nitrogen and oxygen atoms in total. The van der Waals surface area contributed by atoms with Gasteiger partial charge in [0, 0.05) is 24.1 Å². The summed E-state index contributed by atoms with van der Waals surface area (Å²) in [5.74, 6) is -0.543. The number of halogens is 1. The zero-order valence-corrected chi connectivity index (χ0v) is 12.8. The first-order valence-electron chi connectivity index (χ1n) is 6.53. The van der Waals surface area contributed by atoms with Crippen molar-refractivity contribution in [3.8, 4) is 0 Å². The molecule has 0 bridgehead atoms. The lowest BCUT2D eigenvalue weighted by Gasteiger charge is -2.39. The molecule has 2 N–H and O–H groups in total. The topological polar surface area (TPSA) is 69.6 Å². The monoisotopic (exact) mass is 340 g/mol. The first-order chi connectivity index (χ1) is 9.52. The number of nitrogens with zero attached hydrogens (tertiary/aromatic N) is 1. The van der Waals surface area contributed by atoms with Crippen LogP contribution in [-0.4, -0.2) is 41.5 Å². The van der Waals surface area contributed by atoms with Crippen LogP contribution in [0.2, 0.25) is 0 Å². The van der Waals surface area contributed by atoms with E-state index in [9.17, 15) is 14.7 Å². The standard InChI is InChI=1S/C14H17BrN2O3/c1-2-16-13(19)10-7-17(8-10)14(20)12(18)9-3-5-11(15)6-4-9/h3-6,10,12,18H,2,7-8H2,1H3,(H,16,19). The van der Waals surface area contributed by atoms with E-state index in [1.165, 1.54) is 4.90 Å². The Morgan fingerprint density at radius 3 is 2.55 bits per heavy atom. The number of likely N-dealkylation sites (tertiary alicyclic amines) is 1. The number of hydrogen-bond donors (Lipinski definition) is 2. The highest BCUT2D eigenvalue weighted by atomic mass is 79.9. The quantitative estimate of drug-likeness (QED) is 0.861. The summed E-state index contributed by atoms with van der Waals surface area (Å²) >= 11 is 3.30. The van der Waals surface area contributed by atoms with Crippen LogP contribution in [-0.2, 0) is 9.59 Å². The molecule has 2 rings (SSSR count). The lowest BCUT2D eigenvalue weighted by molar-refractivity contribution is -0.150. The maximum Gasteiger partial charge on any atom is 0.256 e. The van der Waals surface area contributed by atoms with Gasteiger partial charge in [-0.2, -0.15) is 0 Å². The lowest BCUT2D eigenvalue weighted by atomic mass is 9.97. The smallest absolute Gasteiger partial charge is 0.256 e. The number of nitrogens with one attached hydrogen (secondary N) is 1. The third kappa shape index (κ3) is 3.19. The molecule has 0 aliphatic carbocycles. The van der Waals surface area contributed by atoms with E-state index in [0.717, 1.165) is 4.47 Å². The molecule has 1 saturated heterocycles. The van der Waals surface area contributed by atoms with Crippen molar-refractivity contribution >= 4 is 27.7 Å². The molecule has 1 aromatic rings. The molecule has 6 heteroatoms. The molecule has 1 fully saturated rings. The largest absolute Gasteiger partial charge is 0.378 e. The Hall–Kier alpha value is -1.40. The normalized spacial score (nSPS) is 16.4. The Bertz CT molecular complexity index is 498. The minimum Gasteiger partial charge on any atom is -0.378 e. The van der Waals surface area contributed by atoms with Crippen molar-refractivity contribution < 1.29 is 14.7 Å². The summed E-state index contributed by atoms with van der Waals surface area (Å²) in [5.41, 5.74) is 0.555. The van der Waals surface area contributed by atoms with Crippen molar-refractivity contribution in [2.75, 3.05) is 19.6 Å². The highest BCUT2D eigenvalue weighted by Crippen LogP contribution is 2.23. The highest BCUT2D eigenvalue weighted by molar-refractivity contribution is 9.10. The van der Waals surface area contributed by atoms with Crippen molar-refractivity contribution in [3.63, 3.8) is 0 Å². The zero-order valence-electron chi connectivity index (χ0n) is 11.2. The van der Waals surface area contributed by atoms with Crippen LogP contribution in [0, 0.1) is 5.92 Å². The van der Waals surface area contributed by atoms with Gasteiger partial charge >= 0.3 is 0 Å². The number of amides is 2. The van der Waals surface area contributed by atoms with E-state index in [4.69, 9.17) is 0 Å². The van der Waals surface area contributed by atoms with Crippen molar-refractivity contribution in [2.45, 2.75) is 13.0 Å². The van der Waals surface area contributed by atoms with Crippen molar-refractivity contribution in [1.82, 2.24) is 10.2 Å². The van der Waals surface area contributed by atoms with Gasteiger partial charge in [-0.05, 0) is 24.6 Å². The van der Waals surface area contributed by atoms with Gasteiger partial charge in [0.2, 0.25) is 5.91 Å². The van der Waals surface area contributed by atoms with E-state index in [1.807, 2.05) is 6.92 Å². The van der Waals surface area contributed by atoms with Crippen LogP contribution in [0.4, 0.5) is 0 Å². The summed E-state index contributed by atoms with van der Waals surface area (Å²) in [4.78, 5) is 25.1. The SMILES string of the molecule is CCNC(=O)C1CN(C(=O)C(O)c2ccc(Br)cc2)C1. The molecule has 1 atom stereocenters. The second kappa shape index (κ2) is 6.37. The molecule has 20 heavy (non-hydrogen) atoms. The molecule has 1 aromatic carbocycles. The summed E-state index contributed by atoms with van der Waals surface area (Å²) in [6.45, 7) is 3.19. The van der Waals surface area contributed by atoms with E-state index in [2.05, 4.69) is 21.2 Å². The molecule has 0 saturated carbocycles. The molecule has 1 unspecified atom stereocenters. The average molecular weight is 341 g/mol. The summed E-state index contributed by atoms with van der Waals surface area (Å²) < 4.78 is 0.890. The minimum absolute atomic E-state index is 0.0327. The number of rotatable bonds is 4. The summed E-state index contributed by atoms with van der Waals surface area (Å²) in [6, 6.07) is 6.96. The van der Waals surface area contributed by atoms with Crippen molar-refractivity contribution in [2.24, 2.45) is 5.92 Å². The van der Waals surface area contributed by atoms with Gasteiger partial charge in [-0.3, -0.25) is 9.59 Å². The van der Waals surface area contributed by atoms with Crippen LogP contribution in [0.5, 0.6) is 0 Å². The zero-order chi connectivity index (χ0) is 14.7. The van der Waals surface area contributed by atoms with Crippen LogP contribution >= 0.6 is 15.9 Å². The number of carbonyl (C=O) groups is 2. The predicted molar refractivity (Wildman–Crippen MR) is 77.9 cm³/mol. The van der Waals surface area contributed by atoms with Gasteiger partial charge < -0.3 is 15.3 Å². The maximum absolute atomic E-state index is 12.1. The Kier molecular flexibility index (Phi) is 4.77. The van der Waals surface area contributed by atoms with Crippen molar-refractivity contribution in [1.29, 1.82) is 0 Å². The first kappa shape index (κ1) is 15.0. The minimum atomic E-state index is -1.17. The number of aliphatic hydroxyl groups is 1. The van der Waals surface area contributed by atoms with Gasteiger partial charge in [0.25, 0.3) is 5.91 Å². The van der Waals surface area contributed by atoms with Gasteiger partial charge in [0.15, 0.2) is 6.10 Å². The van der Waals surface area contributed by atoms with E-state index in [0.29, 0.717) is 25.2 Å². The first-order valence-corrected chi connectivity index (χ1v) is 7.32. The molecule has 1 heterocycles. The second-order valence-electron chi connectivity index (χ2n) is 4.79. The summed E-state index contributed by atoms with van der Waals surface area (Å²) in [7, 11) is 0. The Balaban J connectivity index is 1.90. The van der Waals surface area contributed by atoms with E-state index in [-0.39, 0.29) is 17.7 Å². The molecule has 0 radical (unpaired) electrons. The van der Waals surface area contributed by atoms with Crippen LogP contribution < -0.4 is 5.32 Å². The predicted octanol–water partition coefficient (Wildman–Crippen LogP) is 1.08. The Morgan fingerprint density at radius 1 is 1.40 bits per heavy atom. The van der Waals surface area contributed by atoms with E-state index >= 15 is 0 Å². The highest BCUT2D eigenvalue weighted by Gasteiger charge is 2.37. The molecule has 1 aliphatic heterocycles. The summed E-state index contributed by atoms with van der Waals surface area (Å²) in [6.07, 6.45) is -1.17. The van der Waals surface area contributed by atoms with Gasteiger partial charge in [0.1, 0.15) is 0 Å². The summed E-state index contributed by atoms with van der Waals surface area (Å²) in [5, 5.41) is 12.8. The van der Waals surface area contributed by atoms with Gasteiger partial charge in [0.05, 0.1) is 5.92 Å². The van der Waals surface area contributed by atoms with Gasteiger partial charge in [-0.15, -0.1) is 0 Å². The van der Waals surface area contributed by atoms with Crippen LogP contribution in [0.15, 0.2) is 28.7 Å². The van der Waals surface area contributed by atoms with Crippen molar-refractivity contribution in [3.05, 3.63) is 34.3 Å². The average Bonchev–Trinajstić information content (AvgIpc) is 2.37. The molecule has 0 aromatic heterocycles. The molecule has 0 spiro atoms. The number of aliphatic hydroxyl groups excluding tert-OH is 1. The van der Waals surface area contributed by atoms with Crippen LogP contribution in [0.1, 0.15) is 18.6 Å². The van der Waals surface area contributed by atoms with Gasteiger partial charge in [-0.1, -0.05) is 28.1 Å². The van der Waals surface area contributed by atoms with E-state index in [1.54, 1.807) is 24.3 Å². The fourth-order valence-corrected chi connectivity index (χ4v) is 2.37. The number of hydrogen-bond acceptors (Lipinski definition) is 3. The molecular formula is C14H17BrN2O3. The Morgan fingerprint density at radius 2 is 2.00 bits per heavy atom. The third-order valence-electron chi connectivity index (χ3n) is 3.33. The van der Waals surface area contributed by atoms with Crippen LogP contribution in [0.25, 0.3) is 0 Å². The lowest BCUT2D eigenvalue weighted by Crippen LogP contribution is -2.56. The maximum atomic E-state index is 12.1. The fourth-order valence-electron chi connectivity index (χ4n) is 2.10. The molecule has 2 amide bonds. The molecule has 1 aliphatic rings. The number of benzene rings is 1. The Labute approximate surface area is 126 Å². The molecular weight excluding hydrogens is 324 g/mol. The third-order valence-corrected chi connectivity index (χ3v) is 3.86. The fraction of sp³-hybridized carbons (Fsp3) is 0.429. The second-order valence-corrected chi connectivity index (χ2v) is 5.70. The van der Waals surface area contributed by atoms with E-state index < -0.39 is 6.10 Å². The van der Waals surface area contributed by atoms with Gasteiger partial charge in [-0.25, -0.2) is 0 Å². The van der Waals surface area contributed by atoms with Crippen LogP contribution in [0.3, 0.4) is 0 Å². The molecule has 108 valence electrons. The number of carbonyl (C=O) groups excluding carboxylic acids is 2.